The summed E-state index contributed by atoms with van der Waals surface area (Å²) in [7, 11) is 0. The van der Waals surface area contributed by atoms with Crippen molar-refractivity contribution in [2.45, 2.75) is 45.3 Å². The molecule has 1 aliphatic rings. The molecule has 4 nitrogen and oxygen atoms in total. The lowest BCUT2D eigenvalue weighted by Crippen LogP contribution is -2.25. The fourth-order valence-electron chi connectivity index (χ4n) is 2.32. The van der Waals surface area contributed by atoms with E-state index in [1.807, 2.05) is 12.1 Å². The molecule has 0 bridgehead atoms. The van der Waals surface area contributed by atoms with Crippen molar-refractivity contribution < 1.29 is 14.3 Å². The topological polar surface area (TPSA) is 47.6 Å². The van der Waals surface area contributed by atoms with Gasteiger partial charge in [-0.1, -0.05) is 19.1 Å². The van der Waals surface area contributed by atoms with Crippen LogP contribution in [0.5, 0.6) is 5.75 Å². The zero-order valence-corrected chi connectivity index (χ0v) is 12.2. The second kappa shape index (κ2) is 7.29. The average molecular weight is 277 g/mol. The van der Waals surface area contributed by atoms with Gasteiger partial charge in [-0.2, -0.15) is 0 Å². The molecular formula is C16H23NO3. The van der Waals surface area contributed by atoms with Gasteiger partial charge < -0.3 is 14.8 Å². The van der Waals surface area contributed by atoms with Gasteiger partial charge in [0, 0.05) is 12.5 Å². The van der Waals surface area contributed by atoms with Gasteiger partial charge in [0.25, 0.3) is 0 Å². The summed E-state index contributed by atoms with van der Waals surface area (Å²) in [6.07, 6.45) is 2.36. The van der Waals surface area contributed by atoms with Gasteiger partial charge >= 0.3 is 5.97 Å². The van der Waals surface area contributed by atoms with E-state index in [0.717, 1.165) is 25.1 Å². The lowest BCUT2D eigenvalue weighted by Gasteiger charge is -2.13. The third-order valence-corrected chi connectivity index (χ3v) is 3.51. The number of cyclic esters (lactones) is 1. The van der Waals surface area contributed by atoms with Gasteiger partial charge in [-0.05, 0) is 44.0 Å². The van der Waals surface area contributed by atoms with Crippen molar-refractivity contribution in [3.05, 3.63) is 29.8 Å². The molecule has 1 saturated heterocycles. The molecule has 2 atom stereocenters. The van der Waals surface area contributed by atoms with E-state index in [1.54, 1.807) is 0 Å². The number of carbonyl (C=O) groups is 1. The Morgan fingerprint density at radius 2 is 2.15 bits per heavy atom. The maximum absolute atomic E-state index is 11.3. The minimum Gasteiger partial charge on any atom is -0.479 e. The van der Waals surface area contributed by atoms with Crippen LogP contribution in [-0.4, -0.2) is 31.3 Å². The Morgan fingerprint density at radius 3 is 2.75 bits per heavy atom. The molecule has 110 valence electrons. The quantitative estimate of drug-likeness (QED) is 0.777. The second-order valence-electron chi connectivity index (χ2n) is 5.20. The largest absolute Gasteiger partial charge is 0.479 e. The van der Waals surface area contributed by atoms with Gasteiger partial charge in [0.2, 0.25) is 0 Å². The lowest BCUT2D eigenvalue weighted by molar-refractivity contribution is -0.143. The Hall–Kier alpha value is -1.55. The van der Waals surface area contributed by atoms with Crippen LogP contribution in [0.3, 0.4) is 0 Å². The Labute approximate surface area is 120 Å². The summed E-state index contributed by atoms with van der Waals surface area (Å²) in [4.78, 5) is 11.3. The van der Waals surface area contributed by atoms with Gasteiger partial charge in [0.15, 0.2) is 6.10 Å². The second-order valence-corrected chi connectivity index (χ2v) is 5.20. The molecule has 2 unspecified atom stereocenters. The molecule has 1 N–H and O–H groups in total. The maximum Gasteiger partial charge on any atom is 0.347 e. The van der Waals surface area contributed by atoms with Gasteiger partial charge in [-0.3, -0.25) is 0 Å². The zero-order chi connectivity index (χ0) is 14.4. The minimum absolute atomic E-state index is 0.256. The number of carbonyl (C=O) groups excluding carboxylic acids is 1. The van der Waals surface area contributed by atoms with Crippen molar-refractivity contribution in [1.29, 1.82) is 0 Å². The van der Waals surface area contributed by atoms with Crippen molar-refractivity contribution in [3.8, 4) is 5.75 Å². The summed E-state index contributed by atoms with van der Waals surface area (Å²) < 4.78 is 10.5. The van der Waals surface area contributed by atoms with Crippen LogP contribution in [-0.2, 0) is 16.0 Å². The number of benzene rings is 1. The fraction of sp³-hybridized carbons (Fsp3) is 0.562. The summed E-state index contributed by atoms with van der Waals surface area (Å²) >= 11 is 0. The SMILES string of the molecule is CCNC(C)CCc1ccc(OC2CCOC2=O)cc1. The average Bonchev–Trinajstić information content (AvgIpc) is 2.84. The number of hydrogen-bond donors (Lipinski definition) is 1. The molecule has 0 radical (unpaired) electrons. The van der Waals surface area contributed by atoms with E-state index >= 15 is 0 Å². The first-order chi connectivity index (χ1) is 9.69. The highest BCUT2D eigenvalue weighted by Crippen LogP contribution is 2.19. The van der Waals surface area contributed by atoms with E-state index in [9.17, 15) is 4.79 Å². The van der Waals surface area contributed by atoms with Crippen LogP contribution in [0.1, 0.15) is 32.3 Å². The zero-order valence-electron chi connectivity index (χ0n) is 12.2. The molecule has 0 spiro atoms. The van der Waals surface area contributed by atoms with E-state index in [0.29, 0.717) is 19.1 Å². The maximum atomic E-state index is 11.3. The number of nitrogens with one attached hydrogen (secondary N) is 1. The summed E-state index contributed by atoms with van der Waals surface area (Å²) in [6.45, 7) is 5.79. The van der Waals surface area contributed by atoms with Crippen LogP contribution in [0.15, 0.2) is 24.3 Å². The standard InChI is InChI=1S/C16H23NO3/c1-3-17-12(2)4-5-13-6-8-14(9-7-13)20-15-10-11-19-16(15)18/h6-9,12,15,17H,3-5,10-11H2,1-2H3. The molecule has 4 heteroatoms. The van der Waals surface area contributed by atoms with Crippen molar-refractivity contribution in [3.63, 3.8) is 0 Å². The van der Waals surface area contributed by atoms with Crippen LogP contribution in [0.4, 0.5) is 0 Å². The molecule has 1 aromatic rings. The number of rotatable bonds is 7. The van der Waals surface area contributed by atoms with E-state index in [-0.39, 0.29) is 5.97 Å². The first-order valence-corrected chi connectivity index (χ1v) is 7.34. The summed E-state index contributed by atoms with van der Waals surface area (Å²) in [6, 6.07) is 8.52. The minimum atomic E-state index is -0.436. The van der Waals surface area contributed by atoms with Crippen molar-refractivity contribution in [1.82, 2.24) is 5.32 Å². The predicted octanol–water partition coefficient (Wildman–Crippen LogP) is 2.31. The monoisotopic (exact) mass is 277 g/mol. The van der Waals surface area contributed by atoms with Crippen LogP contribution in [0.25, 0.3) is 0 Å². The highest BCUT2D eigenvalue weighted by Gasteiger charge is 2.28. The lowest BCUT2D eigenvalue weighted by atomic mass is 10.1. The highest BCUT2D eigenvalue weighted by molar-refractivity contribution is 5.76. The highest BCUT2D eigenvalue weighted by atomic mass is 16.6. The molecule has 0 aliphatic carbocycles. The Bertz CT molecular complexity index is 430. The first-order valence-electron chi connectivity index (χ1n) is 7.34. The third kappa shape index (κ3) is 4.23. The number of hydrogen-bond acceptors (Lipinski definition) is 4. The van der Waals surface area contributed by atoms with E-state index in [2.05, 4.69) is 31.3 Å². The summed E-state index contributed by atoms with van der Waals surface area (Å²) in [5.41, 5.74) is 1.29. The van der Waals surface area contributed by atoms with Crippen LogP contribution >= 0.6 is 0 Å². The van der Waals surface area contributed by atoms with Crippen LogP contribution < -0.4 is 10.1 Å². The van der Waals surface area contributed by atoms with Gasteiger partial charge in [0.05, 0.1) is 6.61 Å². The Kier molecular flexibility index (Phi) is 5.41. The smallest absolute Gasteiger partial charge is 0.347 e. The van der Waals surface area contributed by atoms with E-state index in [1.165, 1.54) is 5.56 Å². The predicted molar refractivity (Wildman–Crippen MR) is 77.9 cm³/mol. The van der Waals surface area contributed by atoms with Crippen molar-refractivity contribution in [2.24, 2.45) is 0 Å². The normalized spacial score (nSPS) is 19.7. The molecule has 0 aromatic heterocycles. The van der Waals surface area contributed by atoms with Gasteiger partial charge in [-0.15, -0.1) is 0 Å². The third-order valence-electron chi connectivity index (χ3n) is 3.51. The molecule has 0 amide bonds. The van der Waals surface area contributed by atoms with Gasteiger partial charge in [0.1, 0.15) is 5.75 Å². The number of esters is 1. The van der Waals surface area contributed by atoms with E-state index < -0.39 is 6.10 Å². The molecular weight excluding hydrogens is 254 g/mol. The Morgan fingerprint density at radius 1 is 1.40 bits per heavy atom. The molecule has 0 saturated carbocycles. The molecule has 1 heterocycles. The fourth-order valence-corrected chi connectivity index (χ4v) is 2.32. The summed E-state index contributed by atoms with van der Waals surface area (Å²) in [5.74, 6) is 0.478. The van der Waals surface area contributed by atoms with Crippen molar-refractivity contribution >= 4 is 5.97 Å². The summed E-state index contributed by atoms with van der Waals surface area (Å²) in [5, 5.41) is 3.40. The molecule has 1 aliphatic heterocycles. The van der Waals surface area contributed by atoms with Gasteiger partial charge in [-0.25, -0.2) is 4.79 Å². The molecule has 1 aromatic carbocycles. The molecule has 1 fully saturated rings. The van der Waals surface area contributed by atoms with Crippen LogP contribution in [0, 0.1) is 0 Å². The van der Waals surface area contributed by atoms with Crippen molar-refractivity contribution in [2.75, 3.05) is 13.2 Å². The molecule has 20 heavy (non-hydrogen) atoms. The molecule has 2 rings (SSSR count). The first kappa shape index (κ1) is 14.9. The van der Waals surface area contributed by atoms with E-state index in [4.69, 9.17) is 9.47 Å². The number of aryl methyl sites for hydroxylation is 1. The Balaban J connectivity index is 1.81. The number of ether oxygens (including phenoxy) is 2. The van der Waals surface area contributed by atoms with Crippen LogP contribution in [0.2, 0.25) is 0 Å².